The van der Waals surface area contributed by atoms with Gasteiger partial charge >= 0.3 is 0 Å². The lowest BCUT2D eigenvalue weighted by molar-refractivity contribution is 0.419. The van der Waals surface area contributed by atoms with Crippen LogP contribution in [0.1, 0.15) is 0 Å². The minimum absolute atomic E-state index is 0.837. The van der Waals surface area contributed by atoms with E-state index in [-0.39, 0.29) is 0 Å². The molecule has 0 amide bonds. The highest BCUT2D eigenvalue weighted by atomic mass is 16.5. The summed E-state index contributed by atoms with van der Waals surface area (Å²) in [7, 11) is 1.66. The Labute approximate surface area is 86.1 Å². The summed E-state index contributed by atoms with van der Waals surface area (Å²) in [5, 5.41) is 1.01. The first-order chi connectivity index (χ1) is 7.40. The molecule has 4 nitrogen and oxygen atoms in total. The second-order valence-electron chi connectivity index (χ2n) is 3.27. The summed E-state index contributed by atoms with van der Waals surface area (Å²) in [5.41, 5.74) is 1.94. The number of ether oxygens (including phenoxy) is 1. The highest BCUT2D eigenvalue weighted by Gasteiger charge is 2.07. The fraction of sp³-hybridized carbons (Fsp3) is 0.0909. The van der Waals surface area contributed by atoms with Gasteiger partial charge in [-0.1, -0.05) is 0 Å². The molecular formula is C11H9N3O. The minimum Gasteiger partial charge on any atom is -0.496 e. The van der Waals surface area contributed by atoms with Crippen LogP contribution in [0.15, 0.2) is 36.9 Å². The van der Waals surface area contributed by atoms with E-state index in [1.54, 1.807) is 25.8 Å². The van der Waals surface area contributed by atoms with Gasteiger partial charge in [0.05, 0.1) is 18.0 Å². The molecule has 0 radical (unpaired) electrons. The Morgan fingerprint density at radius 3 is 3.07 bits per heavy atom. The molecule has 0 aromatic carbocycles. The van der Waals surface area contributed by atoms with Crippen molar-refractivity contribution in [1.29, 1.82) is 0 Å². The normalized spacial score (nSPS) is 11.0. The van der Waals surface area contributed by atoms with Gasteiger partial charge in [-0.25, -0.2) is 9.97 Å². The maximum absolute atomic E-state index is 5.28. The van der Waals surface area contributed by atoms with Gasteiger partial charge in [0.15, 0.2) is 0 Å². The van der Waals surface area contributed by atoms with Crippen LogP contribution >= 0.6 is 0 Å². The number of pyridine rings is 1. The van der Waals surface area contributed by atoms with Crippen LogP contribution in [0.2, 0.25) is 0 Å². The molecule has 0 fully saturated rings. The van der Waals surface area contributed by atoms with Gasteiger partial charge in [-0.15, -0.1) is 0 Å². The zero-order valence-corrected chi connectivity index (χ0v) is 8.21. The van der Waals surface area contributed by atoms with E-state index in [9.17, 15) is 0 Å². The van der Waals surface area contributed by atoms with Gasteiger partial charge in [-0.3, -0.25) is 4.40 Å². The van der Waals surface area contributed by atoms with Crippen molar-refractivity contribution in [3.63, 3.8) is 0 Å². The first kappa shape index (κ1) is 8.23. The second kappa shape index (κ2) is 2.95. The topological polar surface area (TPSA) is 39.4 Å². The summed E-state index contributed by atoms with van der Waals surface area (Å²) < 4.78 is 7.23. The molecule has 0 unspecified atom stereocenters. The van der Waals surface area contributed by atoms with Gasteiger partial charge in [0.25, 0.3) is 0 Å². The lowest BCUT2D eigenvalue weighted by Crippen LogP contribution is -1.88. The molecule has 0 N–H and O–H groups in total. The zero-order valence-electron chi connectivity index (χ0n) is 8.21. The molecule has 0 bridgehead atoms. The number of hydrogen-bond acceptors (Lipinski definition) is 3. The average Bonchev–Trinajstić information content (AvgIpc) is 2.67. The molecule has 3 heterocycles. The highest BCUT2D eigenvalue weighted by Crippen LogP contribution is 2.26. The van der Waals surface area contributed by atoms with Crippen LogP contribution < -0.4 is 4.74 Å². The summed E-state index contributed by atoms with van der Waals surface area (Å²) in [6.07, 6.45) is 5.26. The average molecular weight is 199 g/mol. The predicted molar refractivity (Wildman–Crippen MR) is 57.0 cm³/mol. The smallest absolute Gasteiger partial charge is 0.149 e. The molecule has 74 valence electrons. The molecule has 3 aromatic heterocycles. The summed E-state index contributed by atoms with van der Waals surface area (Å²) in [6.45, 7) is 0. The largest absolute Gasteiger partial charge is 0.496 e. The van der Waals surface area contributed by atoms with Crippen LogP contribution in [0.25, 0.3) is 16.6 Å². The standard InChI is InChI=1S/C11H9N3O/c1-15-10-3-5-13-11-9(10)6-8-2-4-12-7-14(8)11/h2-7H,1H3. The van der Waals surface area contributed by atoms with Crippen molar-refractivity contribution in [2.24, 2.45) is 0 Å². The predicted octanol–water partition coefficient (Wildman–Crippen LogP) is 1.89. The van der Waals surface area contributed by atoms with Crippen molar-refractivity contribution >= 4 is 16.6 Å². The first-order valence-electron chi connectivity index (χ1n) is 4.64. The van der Waals surface area contributed by atoms with E-state index >= 15 is 0 Å². The van der Waals surface area contributed by atoms with E-state index in [1.807, 2.05) is 22.6 Å². The SMILES string of the molecule is COc1ccnc2c1cc1ccncn12. The van der Waals surface area contributed by atoms with E-state index in [0.717, 1.165) is 22.3 Å². The van der Waals surface area contributed by atoms with E-state index < -0.39 is 0 Å². The summed E-state index contributed by atoms with van der Waals surface area (Å²) in [6, 6.07) is 5.85. The number of methoxy groups -OCH3 is 1. The molecule has 0 aliphatic rings. The van der Waals surface area contributed by atoms with Crippen LogP contribution in [-0.4, -0.2) is 21.5 Å². The molecule has 3 aromatic rings. The monoisotopic (exact) mass is 199 g/mol. The van der Waals surface area contributed by atoms with Crippen LogP contribution in [0.4, 0.5) is 0 Å². The molecule has 0 aliphatic heterocycles. The number of hydrogen-bond donors (Lipinski definition) is 0. The lowest BCUT2D eigenvalue weighted by Gasteiger charge is -1.99. The Hall–Kier alpha value is -2.10. The third-order valence-electron chi connectivity index (χ3n) is 2.46. The molecule has 0 saturated heterocycles. The fourth-order valence-electron chi connectivity index (χ4n) is 1.76. The van der Waals surface area contributed by atoms with Gasteiger partial charge in [0.1, 0.15) is 17.7 Å². The van der Waals surface area contributed by atoms with Crippen LogP contribution in [-0.2, 0) is 0 Å². The molecular weight excluding hydrogens is 190 g/mol. The van der Waals surface area contributed by atoms with Crippen LogP contribution in [0, 0.1) is 0 Å². The number of aromatic nitrogens is 3. The molecule has 0 saturated carbocycles. The zero-order chi connectivity index (χ0) is 10.3. The van der Waals surface area contributed by atoms with Crippen LogP contribution in [0.5, 0.6) is 5.75 Å². The third kappa shape index (κ3) is 1.08. The molecule has 0 atom stereocenters. The van der Waals surface area contributed by atoms with Gasteiger partial charge in [-0.2, -0.15) is 0 Å². The van der Waals surface area contributed by atoms with Crippen molar-refractivity contribution in [3.8, 4) is 5.75 Å². The summed E-state index contributed by atoms with van der Waals surface area (Å²) >= 11 is 0. The van der Waals surface area contributed by atoms with Gasteiger partial charge < -0.3 is 4.74 Å². The number of rotatable bonds is 1. The van der Waals surface area contributed by atoms with E-state index in [4.69, 9.17) is 4.74 Å². The maximum Gasteiger partial charge on any atom is 0.149 e. The van der Waals surface area contributed by atoms with E-state index in [0.29, 0.717) is 0 Å². The fourth-order valence-corrected chi connectivity index (χ4v) is 1.76. The number of nitrogens with zero attached hydrogens (tertiary/aromatic N) is 3. The van der Waals surface area contributed by atoms with E-state index in [2.05, 4.69) is 9.97 Å². The summed E-state index contributed by atoms with van der Waals surface area (Å²) in [5.74, 6) is 0.837. The van der Waals surface area contributed by atoms with Crippen molar-refractivity contribution < 1.29 is 4.74 Å². The Balaban J connectivity index is 2.53. The number of fused-ring (bicyclic) bond motifs is 3. The molecule has 0 spiro atoms. The first-order valence-corrected chi connectivity index (χ1v) is 4.64. The highest BCUT2D eigenvalue weighted by molar-refractivity contribution is 5.89. The van der Waals surface area contributed by atoms with Crippen molar-refractivity contribution in [1.82, 2.24) is 14.4 Å². The van der Waals surface area contributed by atoms with Crippen LogP contribution in [0.3, 0.4) is 0 Å². The Bertz CT molecular complexity index is 630. The maximum atomic E-state index is 5.28. The molecule has 15 heavy (non-hydrogen) atoms. The Morgan fingerprint density at radius 2 is 2.20 bits per heavy atom. The van der Waals surface area contributed by atoms with Gasteiger partial charge in [-0.05, 0) is 18.2 Å². The molecule has 3 rings (SSSR count). The van der Waals surface area contributed by atoms with Crippen molar-refractivity contribution in [2.45, 2.75) is 0 Å². The van der Waals surface area contributed by atoms with Gasteiger partial charge in [0.2, 0.25) is 0 Å². The quantitative estimate of drug-likeness (QED) is 0.600. The second-order valence-corrected chi connectivity index (χ2v) is 3.27. The Morgan fingerprint density at radius 1 is 1.27 bits per heavy atom. The van der Waals surface area contributed by atoms with Crippen molar-refractivity contribution in [2.75, 3.05) is 7.11 Å². The molecule has 0 aliphatic carbocycles. The third-order valence-corrected chi connectivity index (χ3v) is 2.46. The minimum atomic E-state index is 0.837. The summed E-state index contributed by atoms with van der Waals surface area (Å²) in [4.78, 5) is 8.39. The van der Waals surface area contributed by atoms with Gasteiger partial charge in [0, 0.05) is 12.4 Å². The van der Waals surface area contributed by atoms with Crippen molar-refractivity contribution in [3.05, 3.63) is 36.9 Å². The van der Waals surface area contributed by atoms with E-state index in [1.165, 1.54) is 0 Å². The molecule has 4 heteroatoms. The Kier molecular flexibility index (Phi) is 1.62. The lowest BCUT2D eigenvalue weighted by atomic mass is 10.3.